The number of urea groups is 1. The van der Waals surface area contributed by atoms with Gasteiger partial charge >= 0.3 is 6.03 Å². The second-order valence-corrected chi connectivity index (χ2v) is 9.38. The van der Waals surface area contributed by atoms with E-state index in [1.165, 1.54) is 45.4 Å². The zero-order valence-electron chi connectivity index (χ0n) is 18.0. The summed E-state index contributed by atoms with van der Waals surface area (Å²) in [7, 11) is -0.426. The van der Waals surface area contributed by atoms with Crippen molar-refractivity contribution in [3.63, 3.8) is 0 Å². The average molecular weight is 461 g/mol. The first kappa shape index (κ1) is 23.1. The lowest BCUT2D eigenvalue weighted by atomic mass is 9.91. The van der Waals surface area contributed by atoms with Crippen LogP contribution in [0.4, 0.5) is 10.5 Å². The van der Waals surface area contributed by atoms with E-state index in [9.17, 15) is 22.8 Å². The van der Waals surface area contributed by atoms with Crippen molar-refractivity contribution in [2.75, 3.05) is 32.3 Å². The molecule has 1 atom stereocenters. The van der Waals surface area contributed by atoms with Gasteiger partial charge in [-0.15, -0.1) is 0 Å². The first-order valence-electron chi connectivity index (χ1n) is 9.46. The minimum absolute atomic E-state index is 0.107. The summed E-state index contributed by atoms with van der Waals surface area (Å²) in [6, 6.07) is 9.68. The summed E-state index contributed by atoms with van der Waals surface area (Å²) in [5.41, 5.74) is -0.599. The molecule has 32 heavy (non-hydrogen) atoms. The van der Waals surface area contributed by atoms with Crippen molar-refractivity contribution in [3.05, 3.63) is 48.0 Å². The molecule has 0 spiro atoms. The van der Waals surface area contributed by atoms with Gasteiger partial charge in [-0.3, -0.25) is 14.5 Å². The van der Waals surface area contributed by atoms with Crippen LogP contribution in [0.5, 0.6) is 11.5 Å². The smallest absolute Gasteiger partial charge is 0.325 e. The van der Waals surface area contributed by atoms with Crippen LogP contribution in [0.25, 0.3) is 0 Å². The van der Waals surface area contributed by atoms with Crippen molar-refractivity contribution in [3.8, 4) is 11.5 Å². The lowest BCUT2D eigenvalue weighted by Crippen LogP contribution is -2.42. The lowest BCUT2D eigenvalue weighted by Gasteiger charge is -2.23. The average Bonchev–Trinajstić information content (AvgIpc) is 2.96. The maximum Gasteiger partial charge on any atom is 0.325 e. The first-order valence-corrected chi connectivity index (χ1v) is 11.4. The number of ether oxygens (including phenoxy) is 2. The summed E-state index contributed by atoms with van der Waals surface area (Å²) >= 11 is 0. The Morgan fingerprint density at radius 3 is 2.25 bits per heavy atom. The summed E-state index contributed by atoms with van der Waals surface area (Å²) in [5, 5.41) is 5.17. The van der Waals surface area contributed by atoms with Crippen LogP contribution in [0.3, 0.4) is 0 Å². The van der Waals surface area contributed by atoms with Gasteiger partial charge in [0.15, 0.2) is 21.3 Å². The minimum atomic E-state index is -3.37. The molecule has 0 bridgehead atoms. The number of nitrogens with zero attached hydrogens (tertiary/aromatic N) is 1. The molecule has 2 aromatic carbocycles. The van der Waals surface area contributed by atoms with Gasteiger partial charge in [-0.25, -0.2) is 13.2 Å². The number of hydrogen-bond donors (Lipinski definition) is 2. The number of benzene rings is 2. The molecule has 2 N–H and O–H groups in total. The van der Waals surface area contributed by atoms with E-state index in [1.807, 2.05) is 0 Å². The van der Waals surface area contributed by atoms with Gasteiger partial charge in [-0.05, 0) is 48.9 Å². The van der Waals surface area contributed by atoms with E-state index >= 15 is 0 Å². The number of carbonyl (C=O) groups is 3. The van der Waals surface area contributed by atoms with Gasteiger partial charge < -0.3 is 20.1 Å². The highest BCUT2D eigenvalue weighted by Crippen LogP contribution is 2.35. The summed E-state index contributed by atoms with van der Waals surface area (Å²) in [4.78, 5) is 38.9. The van der Waals surface area contributed by atoms with Gasteiger partial charge in [0.1, 0.15) is 12.1 Å². The predicted octanol–water partition coefficient (Wildman–Crippen LogP) is 1.51. The molecule has 4 amide bonds. The Balaban J connectivity index is 1.75. The normalized spacial score (nSPS) is 18.3. The number of nitrogens with one attached hydrogen (secondary N) is 2. The highest BCUT2D eigenvalue weighted by atomic mass is 32.2. The van der Waals surface area contributed by atoms with Crippen LogP contribution < -0.4 is 20.1 Å². The molecule has 1 fully saturated rings. The number of hydrogen-bond acceptors (Lipinski definition) is 7. The van der Waals surface area contributed by atoms with Crippen LogP contribution in [0, 0.1) is 0 Å². The molecule has 2 aromatic rings. The van der Waals surface area contributed by atoms with Crippen LogP contribution in [-0.2, 0) is 25.0 Å². The van der Waals surface area contributed by atoms with Crippen molar-refractivity contribution in [2.24, 2.45) is 0 Å². The third kappa shape index (κ3) is 4.37. The predicted molar refractivity (Wildman–Crippen MR) is 115 cm³/mol. The van der Waals surface area contributed by atoms with Crippen LogP contribution in [-0.4, -0.2) is 58.2 Å². The molecule has 170 valence electrons. The van der Waals surface area contributed by atoms with E-state index in [4.69, 9.17) is 9.47 Å². The van der Waals surface area contributed by atoms with Crippen molar-refractivity contribution < 1.29 is 32.3 Å². The highest BCUT2D eigenvalue weighted by molar-refractivity contribution is 7.90. The third-order valence-corrected chi connectivity index (χ3v) is 6.23. The van der Waals surface area contributed by atoms with Crippen molar-refractivity contribution in [1.29, 1.82) is 0 Å². The van der Waals surface area contributed by atoms with E-state index in [0.717, 1.165) is 11.2 Å². The number of imide groups is 1. The van der Waals surface area contributed by atoms with E-state index in [-0.39, 0.29) is 4.90 Å². The molecule has 11 heteroatoms. The molecule has 1 heterocycles. The maximum absolute atomic E-state index is 13.1. The molecular formula is C21H23N3O7S. The second kappa shape index (κ2) is 8.50. The Bertz CT molecular complexity index is 1180. The van der Waals surface area contributed by atoms with E-state index in [2.05, 4.69) is 10.6 Å². The summed E-state index contributed by atoms with van der Waals surface area (Å²) in [6.07, 6.45) is 1.08. The summed E-state index contributed by atoms with van der Waals surface area (Å²) < 4.78 is 33.5. The Hall–Kier alpha value is -3.60. The third-order valence-electron chi connectivity index (χ3n) is 5.10. The number of amides is 4. The van der Waals surface area contributed by atoms with Crippen LogP contribution >= 0.6 is 0 Å². The van der Waals surface area contributed by atoms with Gasteiger partial charge in [-0.1, -0.05) is 6.07 Å². The number of rotatable bonds is 7. The van der Waals surface area contributed by atoms with Gasteiger partial charge in [0.05, 0.1) is 19.1 Å². The Kier molecular flexibility index (Phi) is 6.13. The summed E-state index contributed by atoms with van der Waals surface area (Å²) in [6.45, 7) is 1.03. The standard InChI is InChI=1S/C21H23N3O7S/c1-21(13-5-10-16(30-2)17(11-13)31-3)19(26)24(20(27)23-21)12-18(25)22-14-6-8-15(9-7-14)32(4,28)29/h5-11H,12H2,1-4H3,(H,22,25)(H,23,27). The highest BCUT2D eigenvalue weighted by Gasteiger charge is 2.49. The quantitative estimate of drug-likeness (QED) is 0.598. The fourth-order valence-electron chi connectivity index (χ4n) is 3.31. The first-order chi connectivity index (χ1) is 15.0. The Labute approximate surface area is 185 Å². The van der Waals surface area contributed by atoms with Crippen LogP contribution in [0.1, 0.15) is 12.5 Å². The fourth-order valence-corrected chi connectivity index (χ4v) is 3.94. The Morgan fingerprint density at radius 2 is 1.69 bits per heavy atom. The maximum atomic E-state index is 13.1. The molecule has 1 aliphatic heterocycles. The molecule has 10 nitrogen and oxygen atoms in total. The molecule has 0 aliphatic carbocycles. The van der Waals surface area contributed by atoms with E-state index in [1.54, 1.807) is 18.2 Å². The fraction of sp³-hybridized carbons (Fsp3) is 0.286. The van der Waals surface area contributed by atoms with Crippen molar-refractivity contribution >= 4 is 33.4 Å². The van der Waals surface area contributed by atoms with E-state index < -0.39 is 39.8 Å². The molecule has 0 aromatic heterocycles. The summed E-state index contributed by atoms with van der Waals surface area (Å²) in [5.74, 6) is -0.355. The molecule has 1 aliphatic rings. The zero-order valence-corrected chi connectivity index (χ0v) is 18.8. The largest absolute Gasteiger partial charge is 0.493 e. The van der Waals surface area contributed by atoms with Gasteiger partial charge in [0, 0.05) is 11.9 Å². The van der Waals surface area contributed by atoms with Crippen LogP contribution in [0.2, 0.25) is 0 Å². The second-order valence-electron chi connectivity index (χ2n) is 7.36. The molecule has 1 unspecified atom stereocenters. The number of carbonyl (C=O) groups excluding carboxylic acids is 3. The molecule has 0 radical (unpaired) electrons. The molecule has 1 saturated heterocycles. The van der Waals surface area contributed by atoms with Crippen molar-refractivity contribution in [2.45, 2.75) is 17.4 Å². The topological polar surface area (TPSA) is 131 Å². The van der Waals surface area contributed by atoms with Gasteiger partial charge in [0.25, 0.3) is 5.91 Å². The molecule has 3 rings (SSSR count). The molecule has 0 saturated carbocycles. The lowest BCUT2D eigenvalue weighted by molar-refractivity contribution is -0.133. The molecular weight excluding hydrogens is 438 g/mol. The van der Waals surface area contributed by atoms with Crippen LogP contribution in [0.15, 0.2) is 47.4 Å². The SMILES string of the molecule is COc1ccc(C2(C)NC(=O)N(CC(=O)Nc3ccc(S(C)(=O)=O)cc3)C2=O)cc1OC. The minimum Gasteiger partial charge on any atom is -0.493 e. The van der Waals surface area contributed by atoms with Crippen molar-refractivity contribution in [1.82, 2.24) is 10.2 Å². The Morgan fingerprint density at radius 1 is 1.06 bits per heavy atom. The van der Waals surface area contributed by atoms with Gasteiger partial charge in [-0.2, -0.15) is 0 Å². The van der Waals surface area contributed by atoms with Gasteiger partial charge in [0.2, 0.25) is 5.91 Å². The number of anilines is 1. The van der Waals surface area contributed by atoms with E-state index in [0.29, 0.717) is 22.7 Å². The number of methoxy groups -OCH3 is 2. The zero-order chi connectivity index (χ0) is 23.7. The number of sulfone groups is 1. The monoisotopic (exact) mass is 461 g/mol.